The zero-order valence-corrected chi connectivity index (χ0v) is 75.0. The summed E-state index contributed by atoms with van der Waals surface area (Å²) >= 11 is 0. The molecule has 16 N–H and O–H groups in total. The zero-order chi connectivity index (χ0) is 88.9. The number of hydrogen-bond acceptors (Lipinski definition) is 32. The van der Waals surface area contributed by atoms with Crippen LogP contribution < -0.4 is 85.9 Å². The Morgan fingerprint density at radius 2 is 0.287 bits per heavy atom. The van der Waals surface area contributed by atoms with Gasteiger partial charge in [-0.25, -0.2) is 0 Å². The number of benzene rings is 8. The van der Waals surface area contributed by atoms with Gasteiger partial charge in [0.15, 0.2) is 0 Å². The average molecular weight is 1830 g/mol. The lowest BCUT2D eigenvalue weighted by Crippen LogP contribution is -2.67. The predicted molar refractivity (Wildman–Crippen MR) is 511 cm³/mol. The van der Waals surface area contributed by atoms with Crippen molar-refractivity contribution in [2.24, 2.45) is 94.7 Å². The summed E-state index contributed by atoms with van der Waals surface area (Å²) < 4.78 is 0. The molecule has 8 aromatic heterocycles. The highest BCUT2D eigenvalue weighted by atomic mass is 15.7. The third-order valence-electron chi connectivity index (χ3n) is 35.2. The third-order valence-corrected chi connectivity index (χ3v) is 35.2. The van der Waals surface area contributed by atoms with E-state index < -0.39 is 49.3 Å². The van der Waals surface area contributed by atoms with Crippen molar-refractivity contribution in [3.8, 4) is 0 Å². The van der Waals surface area contributed by atoms with Gasteiger partial charge in [-0.2, -0.15) is 38.3 Å². The highest BCUT2D eigenvalue weighted by molar-refractivity contribution is 5.79. The van der Waals surface area contributed by atoms with Crippen molar-refractivity contribution in [1.29, 1.82) is 0 Å². The lowest BCUT2D eigenvalue weighted by atomic mass is 9.57. The molecule has 0 amide bonds. The fourth-order valence-corrected chi connectivity index (χ4v) is 30.0. The van der Waals surface area contributed by atoms with Crippen LogP contribution in [0.5, 0.6) is 0 Å². The number of rotatable bonds is 16. The second-order valence-electron chi connectivity index (χ2n) is 41.4. The van der Waals surface area contributed by atoms with E-state index >= 15 is 0 Å². The Morgan fingerprint density at radius 1 is 0.169 bits per heavy atom. The van der Waals surface area contributed by atoms with Crippen LogP contribution in [0.25, 0.3) is 88.3 Å². The molecule has 8 saturated carbocycles. The number of fused-ring (bicyclic) bond motifs is 32. The van der Waals surface area contributed by atoms with Crippen LogP contribution in [0.15, 0.2) is 194 Å². The summed E-state index contributed by atoms with van der Waals surface area (Å²) in [6, 6.07) is 65.5. The van der Waals surface area contributed by atoms with Gasteiger partial charge >= 0.3 is 0 Å². The van der Waals surface area contributed by atoms with Gasteiger partial charge in [-0.15, -0.1) is 40.8 Å². The Hall–Kier alpha value is -13.0. The number of nitrogens with zero attached hydrogens (tertiary/aromatic N) is 24. The van der Waals surface area contributed by atoms with Gasteiger partial charge in [0.1, 0.15) is 88.3 Å². The molecule has 136 heavy (non-hydrogen) atoms. The molecule has 13 aliphatic rings. The molecule has 0 spiro atoms. The van der Waals surface area contributed by atoms with Crippen LogP contribution in [0.4, 0.5) is 0 Å². The van der Waals surface area contributed by atoms with Gasteiger partial charge in [0.25, 0.3) is 0 Å². The first kappa shape index (κ1) is 80.3. The van der Waals surface area contributed by atoms with E-state index in [1.54, 1.807) is 0 Å². The molecule has 0 radical (unpaired) electrons. The van der Waals surface area contributed by atoms with Crippen LogP contribution in [0, 0.1) is 94.7 Å². The number of aromatic nitrogens is 24. The minimum absolute atomic E-state index is 0.129. The molecule has 5 saturated heterocycles. The number of nitrogens with one attached hydrogen (secondary N) is 16. The molecule has 29 rings (SSSR count). The topological polar surface area (TPSA) is 438 Å². The van der Waals surface area contributed by atoms with Crippen LogP contribution in [-0.4, -0.2) is 218 Å². The Balaban J connectivity index is 0.672. The summed E-state index contributed by atoms with van der Waals surface area (Å²) in [6.07, 6.45) is 13.0. The molecular weight excluding hydrogens is 1710 g/mol. The number of hydrogen-bond donors (Lipinski definition) is 16. The van der Waals surface area contributed by atoms with Gasteiger partial charge < -0.3 is 43.4 Å². The van der Waals surface area contributed by atoms with Crippen LogP contribution in [-0.2, 0) is 0 Å². The zero-order valence-electron chi connectivity index (χ0n) is 75.0. The summed E-state index contributed by atoms with van der Waals surface area (Å²) in [5, 5.41) is 119. The summed E-state index contributed by atoms with van der Waals surface area (Å²) in [7, 11) is 0. The van der Waals surface area contributed by atoms with Crippen LogP contribution in [0.1, 0.15) is 103 Å². The molecule has 24 atom stereocenters. The summed E-state index contributed by atoms with van der Waals surface area (Å²) in [5.74, 6) is -0.613. The van der Waals surface area contributed by atoms with E-state index in [9.17, 15) is 0 Å². The molecular formula is C96H112N40. The lowest BCUT2D eigenvalue weighted by molar-refractivity contribution is 0.0126. The molecule has 8 bridgehead atoms. The average Bonchev–Trinajstić information content (AvgIpc) is 1.54. The first-order valence-electron chi connectivity index (χ1n) is 50.0. The fourth-order valence-electron chi connectivity index (χ4n) is 30.0. The van der Waals surface area contributed by atoms with Gasteiger partial charge in [0.2, 0.25) is 0 Å². The maximum Gasteiger partial charge on any atom is 0.115 e. The molecule has 16 aromatic rings. The van der Waals surface area contributed by atoms with Gasteiger partial charge in [-0.1, -0.05) is 148 Å². The second kappa shape index (κ2) is 32.4. The van der Waals surface area contributed by atoms with Gasteiger partial charge in [0.05, 0.1) is 97.7 Å². The van der Waals surface area contributed by atoms with Crippen LogP contribution >= 0.6 is 0 Å². The second-order valence-corrected chi connectivity index (χ2v) is 41.4. The quantitative estimate of drug-likeness (QED) is 0.0494. The van der Waals surface area contributed by atoms with Crippen molar-refractivity contribution >= 4 is 88.3 Å². The van der Waals surface area contributed by atoms with E-state index in [0.717, 1.165) is 191 Å². The molecule has 5 aliphatic heterocycles. The van der Waals surface area contributed by atoms with E-state index in [0.29, 0.717) is 0 Å². The predicted octanol–water partition coefficient (Wildman–Crippen LogP) is 6.45. The van der Waals surface area contributed by atoms with Crippen LogP contribution in [0.3, 0.4) is 0 Å². The minimum Gasteiger partial charge on any atom is -0.304 e. The standard InChI is InChI=1S/C96H112N40/c1-2-26-50-49(25-1)81(113-129-65-41-17-9-33-57(65)105-121-129)73-74(82(50)114-130-66-42-18-10-34-58(66)106-122-130)90-97-89(73)101-91-75-76(84(116-132-68-44-20-12-36-60(68)108-124-132)52-28-4-3-27-51(52)83(75)115-131-67-43-19-11-35-59(67)107-123-131)93(98-91)103-95-79-80(88(120-136-72-48-24-16-40-64(72)112-128-136)56-32-8-7-31-55(56)87(79)119-135-71-47-23-15-39-63(71)111-127-135)96(100-95)104-94-78-77(92(99-94)102-90)85(117-133-69-45-21-13-37-61(69)109-125-133)53-29-5-6-30-54(53)86(78)118-134-70-46-22-14-38-62(70)110-126-134/h9-24,33-56,73-104,113-120H,1-8,25-32H2. The van der Waals surface area contributed by atoms with E-state index in [4.69, 9.17) is 125 Å². The Morgan fingerprint density at radius 3 is 0.412 bits per heavy atom. The van der Waals surface area contributed by atoms with Crippen molar-refractivity contribution in [3.05, 3.63) is 194 Å². The van der Waals surface area contributed by atoms with Gasteiger partial charge in [-0.05, 0) is 237 Å². The molecule has 13 fully saturated rings. The van der Waals surface area contributed by atoms with Crippen molar-refractivity contribution in [2.75, 3.05) is 43.4 Å². The monoisotopic (exact) mass is 1820 g/mol. The van der Waals surface area contributed by atoms with Gasteiger partial charge in [-0.3, -0.25) is 42.5 Å². The summed E-state index contributed by atoms with van der Waals surface area (Å²) in [5.41, 5.74) is 48.8. The normalized spacial score (nSPS) is 36.1. The van der Waals surface area contributed by atoms with Gasteiger partial charge in [0, 0.05) is 47.3 Å². The van der Waals surface area contributed by atoms with E-state index in [2.05, 4.69) is 238 Å². The highest BCUT2D eigenvalue weighted by Gasteiger charge is 2.69. The molecule has 8 aromatic carbocycles. The summed E-state index contributed by atoms with van der Waals surface area (Å²) in [6.45, 7) is 0. The molecule has 8 aliphatic carbocycles. The number of para-hydroxylation sites is 8. The Kier molecular flexibility index (Phi) is 19.1. The minimum atomic E-state index is -0.432. The first-order chi connectivity index (χ1) is 67.4. The molecule has 13 heterocycles. The first-order valence-corrected chi connectivity index (χ1v) is 50.0. The fraction of sp³-hybridized carbons (Fsp3) is 0.500. The molecule has 696 valence electrons. The van der Waals surface area contributed by atoms with E-state index in [1.165, 1.54) is 0 Å². The maximum absolute atomic E-state index is 5.11. The molecule has 40 heteroatoms. The van der Waals surface area contributed by atoms with E-state index in [1.807, 2.05) is 38.3 Å². The van der Waals surface area contributed by atoms with Crippen molar-refractivity contribution in [1.82, 2.24) is 163 Å². The van der Waals surface area contributed by atoms with Crippen molar-refractivity contribution in [3.63, 3.8) is 0 Å². The van der Waals surface area contributed by atoms with Crippen molar-refractivity contribution < 1.29 is 0 Å². The Labute approximate surface area is 780 Å². The molecule has 40 nitrogen and oxygen atoms in total. The smallest absolute Gasteiger partial charge is 0.115 e. The van der Waals surface area contributed by atoms with E-state index in [-0.39, 0.29) is 143 Å². The summed E-state index contributed by atoms with van der Waals surface area (Å²) in [4.78, 5) is 16.0. The third kappa shape index (κ3) is 12.9. The Bertz CT molecular complexity index is 5870. The SMILES string of the molecule is c1ccc2c(c1)nnn2NC1C2CCCCC2C(Nn2nnc3ccccc32)C2C3NC(NC4NC(NC5NC(NC6NC(N3)C3C(Nn7nnc8ccccc87)C7CCCCC7C(Nn7nnc8ccccc87)C63)C3C(Nn6nnc7ccccc76)C6CCCCC6C(Nn6nnc7ccccc76)C53)C3C(Nn5nnc6ccccc65)C5CCCCC5C(Nn5nnc6ccccc65)C43)C12. The lowest BCUT2D eigenvalue weighted by Gasteiger charge is -2.55. The molecule has 24 unspecified atom stereocenters. The highest BCUT2D eigenvalue weighted by Crippen LogP contribution is 2.58. The van der Waals surface area contributed by atoms with Crippen molar-refractivity contribution in [2.45, 2.75) is 200 Å². The maximum atomic E-state index is 5.11. The largest absolute Gasteiger partial charge is 0.304 e. The van der Waals surface area contributed by atoms with Crippen LogP contribution in [0.2, 0.25) is 0 Å².